The molecule has 2 rings (SSSR count). The van der Waals surface area contributed by atoms with E-state index in [4.69, 9.17) is 5.11 Å². The molecule has 0 saturated heterocycles. The maximum Gasteiger partial charge on any atom is 0.387 e. The third-order valence-electron chi connectivity index (χ3n) is 3.72. The first-order valence-electron chi connectivity index (χ1n) is 7.66. The van der Waals surface area contributed by atoms with Crippen LogP contribution in [-0.4, -0.2) is 57.1 Å². The summed E-state index contributed by atoms with van der Waals surface area (Å²) in [6, 6.07) is 5.71. The second kappa shape index (κ2) is 7.89. The molecule has 0 aliphatic rings. The van der Waals surface area contributed by atoms with Crippen LogP contribution < -0.4 is 4.74 Å². The Morgan fingerprint density at radius 2 is 1.92 bits per heavy atom. The van der Waals surface area contributed by atoms with Crippen LogP contribution in [0.3, 0.4) is 0 Å². The van der Waals surface area contributed by atoms with E-state index in [1.54, 1.807) is 6.92 Å². The molecule has 1 heterocycles. The molecule has 0 aliphatic carbocycles. The van der Waals surface area contributed by atoms with Gasteiger partial charge in [-0.1, -0.05) is 12.1 Å². The minimum absolute atomic E-state index is 0.000194. The van der Waals surface area contributed by atoms with Crippen LogP contribution in [-0.2, 0) is 4.79 Å². The van der Waals surface area contributed by atoms with Crippen LogP contribution in [0, 0.1) is 12.8 Å². The van der Waals surface area contributed by atoms with Crippen molar-refractivity contribution in [2.45, 2.75) is 20.5 Å². The molecule has 0 fully saturated rings. The van der Waals surface area contributed by atoms with E-state index in [9.17, 15) is 18.4 Å². The molecule has 1 N–H and O–H groups in total. The SMILES string of the molecule is Cc1c(C(=O)N(C)CC(C)C(=O)O)nnn1-c1ccc(OC(F)F)cc1. The first kappa shape index (κ1) is 19.3. The van der Waals surface area contributed by atoms with Crippen LogP contribution in [0.4, 0.5) is 8.78 Å². The number of aliphatic carboxylic acids is 1. The Labute approximate surface area is 148 Å². The summed E-state index contributed by atoms with van der Waals surface area (Å²) < 4.78 is 30.0. The number of hydrogen-bond donors (Lipinski definition) is 1. The predicted molar refractivity (Wildman–Crippen MR) is 86.5 cm³/mol. The van der Waals surface area contributed by atoms with Gasteiger partial charge in [0.05, 0.1) is 17.3 Å². The number of carboxylic acid groups (broad SMARTS) is 1. The summed E-state index contributed by atoms with van der Waals surface area (Å²) in [5.41, 5.74) is 1.03. The van der Waals surface area contributed by atoms with Crippen molar-refractivity contribution in [2.24, 2.45) is 5.92 Å². The molecule has 1 unspecified atom stereocenters. The van der Waals surface area contributed by atoms with Gasteiger partial charge in [-0.05, 0) is 31.2 Å². The van der Waals surface area contributed by atoms with E-state index in [1.165, 1.54) is 47.8 Å². The van der Waals surface area contributed by atoms with Gasteiger partial charge in [-0.25, -0.2) is 4.68 Å². The van der Waals surface area contributed by atoms with Gasteiger partial charge in [-0.3, -0.25) is 9.59 Å². The lowest BCUT2D eigenvalue weighted by Gasteiger charge is -2.18. The topological polar surface area (TPSA) is 97.5 Å². The lowest BCUT2D eigenvalue weighted by Crippen LogP contribution is -2.34. The van der Waals surface area contributed by atoms with Gasteiger partial charge >= 0.3 is 12.6 Å². The number of alkyl halides is 2. The molecule has 0 bridgehead atoms. The number of rotatable bonds is 7. The van der Waals surface area contributed by atoms with Gasteiger partial charge in [0.1, 0.15) is 5.75 Å². The second-order valence-electron chi connectivity index (χ2n) is 5.73. The molecule has 1 aromatic heterocycles. The highest BCUT2D eigenvalue weighted by atomic mass is 19.3. The van der Waals surface area contributed by atoms with Gasteiger partial charge in [0.15, 0.2) is 5.69 Å². The van der Waals surface area contributed by atoms with Crippen LogP contribution in [0.1, 0.15) is 23.1 Å². The predicted octanol–water partition coefficient (Wildman–Crippen LogP) is 1.97. The molecule has 0 aliphatic heterocycles. The van der Waals surface area contributed by atoms with Crippen molar-refractivity contribution in [3.63, 3.8) is 0 Å². The molecule has 8 nitrogen and oxygen atoms in total. The summed E-state index contributed by atoms with van der Waals surface area (Å²) >= 11 is 0. The lowest BCUT2D eigenvalue weighted by molar-refractivity contribution is -0.141. The molecule has 140 valence electrons. The number of carboxylic acids is 1. The number of aromatic nitrogens is 3. The van der Waals surface area contributed by atoms with E-state index >= 15 is 0 Å². The highest BCUT2D eigenvalue weighted by Crippen LogP contribution is 2.19. The minimum atomic E-state index is -2.91. The van der Waals surface area contributed by atoms with Gasteiger partial charge in [0, 0.05) is 13.6 Å². The Balaban J connectivity index is 2.18. The summed E-state index contributed by atoms with van der Waals surface area (Å²) in [6.45, 7) is 0.242. The number of carbonyl (C=O) groups excluding carboxylic acids is 1. The summed E-state index contributed by atoms with van der Waals surface area (Å²) in [4.78, 5) is 24.6. The number of nitrogens with zero attached hydrogens (tertiary/aromatic N) is 4. The maximum atomic E-state index is 12.5. The molecular formula is C16H18F2N4O4. The van der Waals surface area contributed by atoms with Crippen molar-refractivity contribution in [3.8, 4) is 11.4 Å². The molecule has 1 atom stereocenters. The molecule has 26 heavy (non-hydrogen) atoms. The normalized spacial score (nSPS) is 12.1. The fraction of sp³-hybridized carbons (Fsp3) is 0.375. The van der Waals surface area contributed by atoms with Crippen molar-refractivity contribution < 1.29 is 28.2 Å². The van der Waals surface area contributed by atoms with Crippen molar-refractivity contribution in [3.05, 3.63) is 35.7 Å². The Morgan fingerprint density at radius 3 is 2.46 bits per heavy atom. The largest absolute Gasteiger partial charge is 0.481 e. The van der Waals surface area contributed by atoms with Crippen molar-refractivity contribution in [2.75, 3.05) is 13.6 Å². The number of benzene rings is 1. The molecule has 1 aromatic carbocycles. The summed E-state index contributed by atoms with van der Waals surface area (Å²) in [7, 11) is 1.48. The highest BCUT2D eigenvalue weighted by molar-refractivity contribution is 5.93. The van der Waals surface area contributed by atoms with Crippen molar-refractivity contribution >= 4 is 11.9 Å². The van der Waals surface area contributed by atoms with Crippen LogP contribution in [0.15, 0.2) is 24.3 Å². The molecule has 10 heteroatoms. The van der Waals surface area contributed by atoms with Gasteiger partial charge in [-0.15, -0.1) is 5.10 Å². The van der Waals surface area contributed by atoms with E-state index in [0.717, 1.165) is 0 Å². The Bertz CT molecular complexity index is 792. The number of ether oxygens (including phenoxy) is 1. The van der Waals surface area contributed by atoms with E-state index in [1.807, 2.05) is 0 Å². The van der Waals surface area contributed by atoms with Gasteiger partial charge in [0.2, 0.25) is 0 Å². The fourth-order valence-corrected chi connectivity index (χ4v) is 2.29. The summed E-state index contributed by atoms with van der Waals surface area (Å²) in [6.07, 6.45) is 0. The molecule has 1 amide bonds. The average molecular weight is 368 g/mol. The van der Waals surface area contributed by atoms with Crippen LogP contribution in [0.5, 0.6) is 5.75 Å². The van der Waals surface area contributed by atoms with E-state index in [2.05, 4.69) is 15.0 Å². The number of halogens is 2. The Kier molecular flexibility index (Phi) is 5.86. The highest BCUT2D eigenvalue weighted by Gasteiger charge is 2.23. The molecular weight excluding hydrogens is 350 g/mol. The zero-order valence-corrected chi connectivity index (χ0v) is 14.4. The zero-order valence-electron chi connectivity index (χ0n) is 14.4. The zero-order chi connectivity index (χ0) is 19.4. The summed E-state index contributed by atoms with van der Waals surface area (Å²) in [5, 5.41) is 16.7. The van der Waals surface area contributed by atoms with Crippen LogP contribution in [0.25, 0.3) is 5.69 Å². The first-order valence-corrected chi connectivity index (χ1v) is 7.66. The standard InChI is InChI=1S/C16H18F2N4O4/c1-9(15(24)25)8-21(3)14(23)13-10(2)22(20-19-13)11-4-6-12(7-5-11)26-16(17)18/h4-7,9,16H,8H2,1-3H3,(H,24,25). The number of amides is 1. The minimum Gasteiger partial charge on any atom is -0.481 e. The third-order valence-corrected chi connectivity index (χ3v) is 3.72. The lowest BCUT2D eigenvalue weighted by atomic mass is 10.1. The van der Waals surface area contributed by atoms with E-state index in [-0.39, 0.29) is 18.0 Å². The molecule has 2 aromatic rings. The van der Waals surface area contributed by atoms with Gasteiger partial charge in [0.25, 0.3) is 5.91 Å². The fourth-order valence-electron chi connectivity index (χ4n) is 2.29. The molecule has 0 radical (unpaired) electrons. The Hall–Kier alpha value is -3.04. The first-order chi connectivity index (χ1) is 12.2. The van der Waals surface area contributed by atoms with E-state index < -0.39 is 24.4 Å². The molecule has 0 spiro atoms. The van der Waals surface area contributed by atoms with Gasteiger partial charge in [-0.2, -0.15) is 8.78 Å². The van der Waals surface area contributed by atoms with Crippen LogP contribution in [0.2, 0.25) is 0 Å². The third kappa shape index (κ3) is 4.32. The molecule has 0 saturated carbocycles. The van der Waals surface area contributed by atoms with Crippen molar-refractivity contribution in [1.29, 1.82) is 0 Å². The maximum absolute atomic E-state index is 12.5. The quantitative estimate of drug-likeness (QED) is 0.802. The Morgan fingerprint density at radius 1 is 1.31 bits per heavy atom. The van der Waals surface area contributed by atoms with Crippen molar-refractivity contribution in [1.82, 2.24) is 19.9 Å². The number of hydrogen-bond acceptors (Lipinski definition) is 5. The van der Waals surface area contributed by atoms with Crippen LogP contribution >= 0.6 is 0 Å². The number of carbonyl (C=O) groups is 2. The smallest absolute Gasteiger partial charge is 0.387 e. The summed E-state index contributed by atoms with van der Waals surface area (Å²) in [5.74, 6) is -2.18. The van der Waals surface area contributed by atoms with E-state index in [0.29, 0.717) is 11.4 Å². The monoisotopic (exact) mass is 368 g/mol. The second-order valence-corrected chi connectivity index (χ2v) is 5.73. The van der Waals surface area contributed by atoms with Gasteiger partial charge < -0.3 is 14.7 Å². The average Bonchev–Trinajstić information content (AvgIpc) is 2.95.